The fraction of sp³-hybridized carbons (Fsp3) is 0.722. The number of hydrogen-bond donors (Lipinski definition) is 1. The Morgan fingerprint density at radius 2 is 1.35 bits per heavy atom. The second-order valence-corrected chi connectivity index (χ2v) is 5.42. The lowest BCUT2D eigenvalue weighted by Gasteiger charge is -2.01. The van der Waals surface area contributed by atoms with E-state index in [1.54, 1.807) is 6.08 Å². The Kier molecular flexibility index (Phi) is 15.2. The van der Waals surface area contributed by atoms with Gasteiger partial charge in [0.05, 0.1) is 0 Å². The van der Waals surface area contributed by atoms with Crippen LogP contribution in [0, 0.1) is 0 Å². The van der Waals surface area contributed by atoms with Gasteiger partial charge in [-0.15, -0.1) is 0 Å². The van der Waals surface area contributed by atoms with E-state index in [1.807, 2.05) is 6.08 Å². The Labute approximate surface area is 125 Å². The van der Waals surface area contributed by atoms with E-state index < -0.39 is 5.97 Å². The van der Waals surface area contributed by atoms with Crippen LogP contribution in [0.2, 0.25) is 0 Å². The molecule has 0 heterocycles. The van der Waals surface area contributed by atoms with Crippen LogP contribution in [-0.2, 0) is 4.79 Å². The minimum Gasteiger partial charge on any atom is -0.478 e. The van der Waals surface area contributed by atoms with Crippen LogP contribution in [0.25, 0.3) is 0 Å². The molecule has 0 saturated heterocycles. The van der Waals surface area contributed by atoms with Crippen LogP contribution >= 0.6 is 0 Å². The molecule has 0 aliphatic rings. The Morgan fingerprint density at radius 3 is 1.90 bits per heavy atom. The first kappa shape index (κ1) is 18.9. The molecule has 2 nitrogen and oxygen atoms in total. The summed E-state index contributed by atoms with van der Waals surface area (Å²) in [5, 5.41) is 8.41. The molecule has 0 aromatic carbocycles. The molecule has 0 unspecified atom stereocenters. The molecule has 0 rings (SSSR count). The van der Waals surface area contributed by atoms with E-state index in [-0.39, 0.29) is 0 Å². The lowest BCUT2D eigenvalue weighted by molar-refractivity contribution is -0.131. The quantitative estimate of drug-likeness (QED) is 0.245. The van der Waals surface area contributed by atoms with Crippen LogP contribution in [0.15, 0.2) is 24.3 Å². The van der Waals surface area contributed by atoms with Crippen LogP contribution in [0.1, 0.15) is 84.0 Å². The molecule has 0 aliphatic heterocycles. The lowest BCUT2D eigenvalue weighted by atomic mass is 10.1. The van der Waals surface area contributed by atoms with Crippen molar-refractivity contribution in [2.24, 2.45) is 0 Å². The van der Waals surface area contributed by atoms with Crippen molar-refractivity contribution in [1.29, 1.82) is 0 Å². The highest BCUT2D eigenvalue weighted by Gasteiger charge is 1.91. The summed E-state index contributed by atoms with van der Waals surface area (Å²) in [5.41, 5.74) is 0. The van der Waals surface area contributed by atoms with Gasteiger partial charge in [0, 0.05) is 6.08 Å². The second kappa shape index (κ2) is 16.0. The van der Waals surface area contributed by atoms with Crippen molar-refractivity contribution < 1.29 is 9.90 Å². The number of carbonyl (C=O) groups is 1. The Morgan fingerprint density at radius 1 is 0.800 bits per heavy atom. The van der Waals surface area contributed by atoms with Crippen molar-refractivity contribution in [3.63, 3.8) is 0 Å². The van der Waals surface area contributed by atoms with E-state index in [9.17, 15) is 4.79 Å². The maximum Gasteiger partial charge on any atom is 0.327 e. The van der Waals surface area contributed by atoms with Gasteiger partial charge in [-0.25, -0.2) is 4.79 Å². The smallest absolute Gasteiger partial charge is 0.327 e. The van der Waals surface area contributed by atoms with E-state index in [0.717, 1.165) is 12.8 Å². The Balaban J connectivity index is 3.12. The predicted octanol–water partition coefficient (Wildman–Crippen LogP) is 5.88. The molecule has 2 heteroatoms. The highest BCUT2D eigenvalue weighted by Crippen LogP contribution is 2.11. The summed E-state index contributed by atoms with van der Waals surface area (Å²) in [6, 6.07) is 0. The van der Waals surface area contributed by atoms with E-state index in [1.165, 1.54) is 70.3 Å². The SMILES string of the molecule is CCCCCCCCCCCC/C=C\C/C=C\C(=O)O. The standard InChI is InChI=1S/C18H32O2/c1-2-3-4-5-6-7-8-9-10-11-12-13-14-15-16-17-18(19)20/h13-14,16-17H,2-12,15H2,1H3,(H,19,20)/b14-13-,17-16-. The number of carboxylic acids is 1. The van der Waals surface area contributed by atoms with Crippen LogP contribution in [0.3, 0.4) is 0 Å². The molecule has 0 bridgehead atoms. The molecule has 0 amide bonds. The fourth-order valence-electron chi connectivity index (χ4n) is 2.21. The van der Waals surface area contributed by atoms with E-state index in [4.69, 9.17) is 5.11 Å². The van der Waals surface area contributed by atoms with Crippen molar-refractivity contribution in [3.8, 4) is 0 Å². The van der Waals surface area contributed by atoms with Gasteiger partial charge in [0.1, 0.15) is 0 Å². The van der Waals surface area contributed by atoms with Crippen molar-refractivity contribution >= 4 is 5.97 Å². The molecule has 0 fully saturated rings. The normalized spacial score (nSPS) is 11.7. The molecule has 0 aromatic heterocycles. The van der Waals surface area contributed by atoms with Crippen LogP contribution in [0.4, 0.5) is 0 Å². The van der Waals surface area contributed by atoms with Crippen molar-refractivity contribution in [2.45, 2.75) is 84.0 Å². The molecule has 116 valence electrons. The number of aliphatic carboxylic acids is 1. The van der Waals surface area contributed by atoms with Gasteiger partial charge in [-0.3, -0.25) is 0 Å². The largest absolute Gasteiger partial charge is 0.478 e. The third-order valence-electron chi connectivity index (χ3n) is 3.42. The average Bonchev–Trinajstić information content (AvgIpc) is 2.43. The van der Waals surface area contributed by atoms with E-state index in [2.05, 4.69) is 13.0 Å². The number of rotatable bonds is 14. The predicted molar refractivity (Wildman–Crippen MR) is 87.0 cm³/mol. The van der Waals surface area contributed by atoms with Crippen molar-refractivity contribution in [1.82, 2.24) is 0 Å². The van der Waals surface area contributed by atoms with Gasteiger partial charge in [0.15, 0.2) is 0 Å². The lowest BCUT2D eigenvalue weighted by Crippen LogP contribution is -1.84. The molecule has 1 N–H and O–H groups in total. The first-order valence-corrected chi connectivity index (χ1v) is 8.31. The van der Waals surface area contributed by atoms with Crippen LogP contribution < -0.4 is 0 Å². The van der Waals surface area contributed by atoms with Crippen molar-refractivity contribution in [3.05, 3.63) is 24.3 Å². The first-order valence-electron chi connectivity index (χ1n) is 8.31. The van der Waals surface area contributed by atoms with Gasteiger partial charge >= 0.3 is 5.97 Å². The topological polar surface area (TPSA) is 37.3 Å². The van der Waals surface area contributed by atoms with Gasteiger partial charge in [-0.05, 0) is 19.3 Å². The summed E-state index contributed by atoms with van der Waals surface area (Å²) < 4.78 is 0. The molecule has 0 radical (unpaired) electrons. The molecule has 0 aromatic rings. The zero-order chi connectivity index (χ0) is 14.9. The monoisotopic (exact) mass is 280 g/mol. The van der Waals surface area contributed by atoms with Gasteiger partial charge in [0.25, 0.3) is 0 Å². The van der Waals surface area contributed by atoms with Gasteiger partial charge in [-0.2, -0.15) is 0 Å². The maximum atomic E-state index is 10.2. The molecule has 20 heavy (non-hydrogen) atoms. The zero-order valence-electron chi connectivity index (χ0n) is 13.2. The summed E-state index contributed by atoms with van der Waals surface area (Å²) >= 11 is 0. The molecular weight excluding hydrogens is 248 g/mol. The third kappa shape index (κ3) is 16.9. The highest BCUT2D eigenvalue weighted by atomic mass is 16.4. The third-order valence-corrected chi connectivity index (χ3v) is 3.42. The summed E-state index contributed by atoms with van der Waals surface area (Å²) in [5.74, 6) is -0.868. The average molecular weight is 280 g/mol. The molecular formula is C18H32O2. The summed E-state index contributed by atoms with van der Waals surface area (Å²) in [6.07, 6.45) is 22.6. The first-order chi connectivity index (χ1) is 9.77. The van der Waals surface area contributed by atoms with Gasteiger partial charge in [0.2, 0.25) is 0 Å². The number of unbranched alkanes of at least 4 members (excludes halogenated alkanes) is 10. The molecule has 0 saturated carbocycles. The molecule has 0 aliphatic carbocycles. The Hall–Kier alpha value is -1.05. The van der Waals surface area contributed by atoms with Crippen LogP contribution in [-0.4, -0.2) is 11.1 Å². The second-order valence-electron chi connectivity index (χ2n) is 5.42. The highest BCUT2D eigenvalue weighted by molar-refractivity contribution is 5.79. The summed E-state index contributed by atoms with van der Waals surface area (Å²) in [6.45, 7) is 2.26. The maximum absolute atomic E-state index is 10.2. The minimum atomic E-state index is -0.868. The molecule has 0 atom stereocenters. The number of allylic oxidation sites excluding steroid dienone is 3. The summed E-state index contributed by atoms with van der Waals surface area (Å²) in [4.78, 5) is 10.2. The van der Waals surface area contributed by atoms with E-state index >= 15 is 0 Å². The molecule has 0 spiro atoms. The van der Waals surface area contributed by atoms with Crippen molar-refractivity contribution in [2.75, 3.05) is 0 Å². The number of hydrogen-bond acceptors (Lipinski definition) is 1. The fourth-order valence-corrected chi connectivity index (χ4v) is 2.21. The number of carboxylic acid groups (broad SMARTS) is 1. The van der Waals surface area contributed by atoms with Crippen LogP contribution in [0.5, 0.6) is 0 Å². The van der Waals surface area contributed by atoms with E-state index in [0.29, 0.717) is 0 Å². The Bertz CT molecular complexity index is 267. The zero-order valence-corrected chi connectivity index (χ0v) is 13.2. The van der Waals surface area contributed by atoms with Gasteiger partial charge < -0.3 is 5.11 Å². The summed E-state index contributed by atoms with van der Waals surface area (Å²) in [7, 11) is 0. The van der Waals surface area contributed by atoms with Gasteiger partial charge in [-0.1, -0.05) is 82.9 Å². The minimum absolute atomic E-state index is 0.726.